The molecule has 2 unspecified atom stereocenters. The van der Waals surface area contributed by atoms with E-state index in [1.807, 2.05) is 0 Å². The van der Waals surface area contributed by atoms with Gasteiger partial charge in [0.15, 0.2) is 0 Å². The molecule has 0 amide bonds. The highest BCUT2D eigenvalue weighted by Crippen LogP contribution is 2.21. The molecule has 0 aliphatic carbocycles. The molecule has 0 aliphatic rings. The van der Waals surface area contributed by atoms with E-state index in [0.29, 0.717) is 0 Å². The van der Waals surface area contributed by atoms with Gasteiger partial charge in [-0.15, -0.1) is 0 Å². The summed E-state index contributed by atoms with van der Waals surface area (Å²) in [7, 11) is 0. The number of unbranched alkanes of at least 4 members (excludes halogenated alkanes) is 23. The van der Waals surface area contributed by atoms with Crippen molar-refractivity contribution in [2.24, 2.45) is 11.8 Å². The molecule has 0 heteroatoms. The Hall–Kier alpha value is 0. The zero-order valence-corrected chi connectivity index (χ0v) is 26.4. The Balaban J connectivity index is 3.25. The van der Waals surface area contributed by atoms with E-state index >= 15 is 0 Å². The van der Waals surface area contributed by atoms with E-state index in [1.165, 1.54) is 193 Å². The van der Waals surface area contributed by atoms with Crippen LogP contribution in [0.2, 0.25) is 0 Å². The van der Waals surface area contributed by atoms with Crippen LogP contribution < -0.4 is 0 Å². The number of hydrogen-bond acceptors (Lipinski definition) is 0. The van der Waals surface area contributed by atoms with Crippen LogP contribution in [0, 0.1) is 11.8 Å². The summed E-state index contributed by atoms with van der Waals surface area (Å²) < 4.78 is 0. The molecule has 0 aromatic heterocycles. The van der Waals surface area contributed by atoms with Gasteiger partial charge in [0.2, 0.25) is 0 Å². The summed E-state index contributed by atoms with van der Waals surface area (Å²) in [6.07, 6.45) is 44.1. The molecule has 0 rings (SSSR count). The molecular weight excluding hydrogens is 432 g/mol. The van der Waals surface area contributed by atoms with Gasteiger partial charge in [-0.25, -0.2) is 0 Å². The quantitative estimate of drug-likeness (QED) is 0.0820. The Morgan fingerprint density at radius 3 is 0.639 bits per heavy atom. The Morgan fingerprint density at radius 1 is 0.250 bits per heavy atom. The van der Waals surface area contributed by atoms with Crippen molar-refractivity contribution in [2.45, 2.75) is 220 Å². The number of hydrogen-bond donors (Lipinski definition) is 0. The van der Waals surface area contributed by atoms with Crippen LogP contribution in [0.4, 0.5) is 0 Å². The van der Waals surface area contributed by atoms with Crippen molar-refractivity contribution < 1.29 is 0 Å². The summed E-state index contributed by atoms with van der Waals surface area (Å²) in [4.78, 5) is 0. The van der Waals surface area contributed by atoms with Crippen molar-refractivity contribution in [1.29, 1.82) is 0 Å². The van der Waals surface area contributed by atoms with Gasteiger partial charge in [0.05, 0.1) is 0 Å². The molecule has 36 heavy (non-hydrogen) atoms. The molecule has 0 saturated carbocycles. The summed E-state index contributed by atoms with van der Waals surface area (Å²) in [5.41, 5.74) is 0. The lowest BCUT2D eigenvalue weighted by atomic mass is 9.93. The third kappa shape index (κ3) is 30.2. The fourth-order valence-electron chi connectivity index (χ4n) is 5.94. The lowest BCUT2D eigenvalue weighted by Crippen LogP contribution is -1.97. The predicted octanol–water partition coefficient (Wildman–Crippen LogP) is 14.0. The average Bonchev–Trinajstić information content (AvgIpc) is 2.87. The fraction of sp³-hybridized carbons (Fsp3) is 1.00. The molecule has 218 valence electrons. The highest BCUT2D eigenvalue weighted by Gasteiger charge is 2.05. The van der Waals surface area contributed by atoms with Crippen LogP contribution in [0.25, 0.3) is 0 Å². The monoisotopic (exact) mass is 507 g/mol. The zero-order chi connectivity index (χ0) is 26.4. The van der Waals surface area contributed by atoms with Crippen LogP contribution in [0.3, 0.4) is 0 Å². The van der Waals surface area contributed by atoms with Gasteiger partial charge in [0.1, 0.15) is 0 Å². The van der Waals surface area contributed by atoms with Crippen LogP contribution in [0.1, 0.15) is 220 Å². The Labute approximate surface area is 232 Å². The summed E-state index contributed by atoms with van der Waals surface area (Å²) in [5, 5.41) is 0. The molecule has 0 aromatic rings. The van der Waals surface area contributed by atoms with Crippen molar-refractivity contribution in [3.05, 3.63) is 0 Å². The zero-order valence-electron chi connectivity index (χ0n) is 26.4. The minimum Gasteiger partial charge on any atom is -0.0654 e. The summed E-state index contributed by atoms with van der Waals surface area (Å²) >= 11 is 0. The van der Waals surface area contributed by atoms with E-state index < -0.39 is 0 Å². The average molecular weight is 507 g/mol. The minimum atomic E-state index is 0.960. The predicted molar refractivity (Wildman–Crippen MR) is 168 cm³/mol. The SMILES string of the molecule is CCCCCCCCCCCCCCCCC(C)CCCCCC(C)CCCCCCCCCCC. The summed E-state index contributed by atoms with van der Waals surface area (Å²) in [6, 6.07) is 0. The molecule has 0 saturated heterocycles. The first kappa shape index (κ1) is 36.0. The van der Waals surface area contributed by atoms with Gasteiger partial charge in [0, 0.05) is 0 Å². The molecule has 0 spiro atoms. The molecule has 0 N–H and O–H groups in total. The summed E-state index contributed by atoms with van der Waals surface area (Å²) in [6.45, 7) is 9.63. The van der Waals surface area contributed by atoms with Crippen LogP contribution in [-0.4, -0.2) is 0 Å². The van der Waals surface area contributed by atoms with E-state index in [4.69, 9.17) is 0 Å². The molecule has 0 nitrogen and oxygen atoms in total. The van der Waals surface area contributed by atoms with Crippen molar-refractivity contribution in [3.8, 4) is 0 Å². The van der Waals surface area contributed by atoms with E-state index in [1.54, 1.807) is 0 Å². The third-order valence-corrected chi connectivity index (χ3v) is 8.74. The lowest BCUT2D eigenvalue weighted by Gasteiger charge is -2.13. The van der Waals surface area contributed by atoms with Crippen LogP contribution in [0.5, 0.6) is 0 Å². The third-order valence-electron chi connectivity index (χ3n) is 8.74. The van der Waals surface area contributed by atoms with Gasteiger partial charge in [-0.2, -0.15) is 0 Å². The van der Waals surface area contributed by atoms with Gasteiger partial charge >= 0.3 is 0 Å². The highest BCUT2D eigenvalue weighted by atomic mass is 14.1. The van der Waals surface area contributed by atoms with Gasteiger partial charge in [-0.1, -0.05) is 220 Å². The standard InChI is InChI=1S/C36H74/c1-5-7-9-11-13-15-16-17-18-19-21-23-25-28-32-36(4)34-30-26-29-33-35(3)31-27-24-22-20-14-12-10-8-6-2/h35-36H,5-34H2,1-4H3. The first-order valence-corrected chi connectivity index (χ1v) is 17.7. The van der Waals surface area contributed by atoms with E-state index in [9.17, 15) is 0 Å². The van der Waals surface area contributed by atoms with E-state index in [-0.39, 0.29) is 0 Å². The molecule has 0 aliphatic heterocycles. The molecule has 0 aromatic carbocycles. The molecule has 0 bridgehead atoms. The maximum atomic E-state index is 2.51. The largest absolute Gasteiger partial charge is 0.0654 e. The van der Waals surface area contributed by atoms with Crippen LogP contribution >= 0.6 is 0 Å². The topological polar surface area (TPSA) is 0 Å². The second kappa shape index (κ2) is 31.2. The smallest absolute Gasteiger partial charge is 0.0443 e. The van der Waals surface area contributed by atoms with E-state index in [2.05, 4.69) is 27.7 Å². The van der Waals surface area contributed by atoms with Crippen molar-refractivity contribution in [1.82, 2.24) is 0 Å². The second-order valence-electron chi connectivity index (χ2n) is 12.9. The van der Waals surface area contributed by atoms with Gasteiger partial charge in [-0.05, 0) is 11.8 Å². The Kier molecular flexibility index (Phi) is 31.2. The molecule has 0 heterocycles. The van der Waals surface area contributed by atoms with Gasteiger partial charge in [0.25, 0.3) is 0 Å². The Bertz CT molecular complexity index is 372. The van der Waals surface area contributed by atoms with Crippen molar-refractivity contribution in [2.75, 3.05) is 0 Å². The van der Waals surface area contributed by atoms with Crippen LogP contribution in [-0.2, 0) is 0 Å². The second-order valence-corrected chi connectivity index (χ2v) is 12.9. The molecule has 0 radical (unpaired) electrons. The first-order valence-electron chi connectivity index (χ1n) is 17.7. The van der Waals surface area contributed by atoms with Gasteiger partial charge in [-0.3, -0.25) is 0 Å². The minimum absolute atomic E-state index is 0.960. The molecule has 2 atom stereocenters. The highest BCUT2D eigenvalue weighted by molar-refractivity contribution is 4.59. The fourth-order valence-corrected chi connectivity index (χ4v) is 5.94. The van der Waals surface area contributed by atoms with Crippen molar-refractivity contribution >= 4 is 0 Å². The van der Waals surface area contributed by atoms with Gasteiger partial charge < -0.3 is 0 Å². The Morgan fingerprint density at radius 2 is 0.417 bits per heavy atom. The number of rotatable bonds is 31. The maximum absolute atomic E-state index is 2.51. The van der Waals surface area contributed by atoms with E-state index in [0.717, 1.165) is 11.8 Å². The summed E-state index contributed by atoms with van der Waals surface area (Å²) in [5.74, 6) is 1.92. The maximum Gasteiger partial charge on any atom is -0.0443 e. The lowest BCUT2D eigenvalue weighted by molar-refractivity contribution is 0.407. The molecule has 0 fully saturated rings. The van der Waals surface area contributed by atoms with Crippen molar-refractivity contribution in [3.63, 3.8) is 0 Å². The first-order chi connectivity index (χ1) is 17.7. The normalized spacial score (nSPS) is 13.3. The van der Waals surface area contributed by atoms with Crippen LogP contribution in [0.15, 0.2) is 0 Å². The molecular formula is C36H74.